The van der Waals surface area contributed by atoms with Crippen LogP contribution >= 0.6 is 24.0 Å². The van der Waals surface area contributed by atoms with Gasteiger partial charge in [0.1, 0.15) is 0 Å². The van der Waals surface area contributed by atoms with Gasteiger partial charge >= 0.3 is 0 Å². The van der Waals surface area contributed by atoms with Gasteiger partial charge in [0.25, 0.3) is 0 Å². The number of rotatable bonds is 5. The Bertz CT molecular complexity index is 926. The number of aliphatic imine (C=N–C) groups is 1. The van der Waals surface area contributed by atoms with E-state index in [1.807, 2.05) is 18.2 Å². The highest BCUT2D eigenvalue weighted by atomic mass is 127. The zero-order chi connectivity index (χ0) is 20.9. The highest BCUT2D eigenvalue weighted by molar-refractivity contribution is 14.0. The lowest BCUT2D eigenvalue weighted by molar-refractivity contribution is 0.372. The number of halogens is 1. The molecule has 1 heterocycles. The Morgan fingerprint density at radius 3 is 2.13 bits per heavy atom. The summed E-state index contributed by atoms with van der Waals surface area (Å²) in [5, 5.41) is 3.39. The summed E-state index contributed by atoms with van der Waals surface area (Å²) in [6, 6.07) is 17.4. The Morgan fingerprint density at radius 2 is 1.60 bits per heavy atom. The Labute approximate surface area is 196 Å². The lowest BCUT2D eigenvalue weighted by Gasteiger charge is -2.37. The molecule has 7 nitrogen and oxygen atoms in total. The molecule has 3 rings (SSSR count). The van der Waals surface area contributed by atoms with Crippen LogP contribution in [0.3, 0.4) is 0 Å². The average molecular weight is 543 g/mol. The normalized spacial score (nSPS) is 15.1. The van der Waals surface area contributed by atoms with E-state index in [-0.39, 0.29) is 24.0 Å². The Morgan fingerprint density at radius 1 is 1.00 bits per heavy atom. The van der Waals surface area contributed by atoms with Crippen LogP contribution in [-0.2, 0) is 16.6 Å². The predicted octanol–water partition coefficient (Wildman–Crippen LogP) is 2.45. The summed E-state index contributed by atoms with van der Waals surface area (Å²) in [7, 11) is 1.46. The number of para-hydroxylation sites is 1. The smallest absolute Gasteiger partial charge is 0.242 e. The van der Waals surface area contributed by atoms with Crippen LogP contribution in [0.2, 0.25) is 0 Å². The van der Waals surface area contributed by atoms with E-state index in [4.69, 9.17) is 0 Å². The molecule has 0 atom stereocenters. The lowest BCUT2D eigenvalue weighted by atomic mass is 10.2. The summed E-state index contributed by atoms with van der Waals surface area (Å²) in [6.07, 6.45) is 0. The van der Waals surface area contributed by atoms with Crippen LogP contribution in [0.1, 0.15) is 5.56 Å². The number of anilines is 1. The van der Waals surface area contributed by atoms with Crippen molar-refractivity contribution in [2.75, 3.05) is 52.2 Å². The molecule has 0 bridgehead atoms. The molecule has 2 aromatic rings. The number of guanidine groups is 1. The van der Waals surface area contributed by atoms with Crippen molar-refractivity contribution in [1.82, 2.24) is 14.5 Å². The number of nitrogens with one attached hydrogen (secondary N) is 1. The van der Waals surface area contributed by atoms with Crippen molar-refractivity contribution in [3.8, 4) is 0 Å². The summed E-state index contributed by atoms with van der Waals surface area (Å²) in [5.74, 6) is 0.864. The molecule has 0 unspecified atom stereocenters. The van der Waals surface area contributed by atoms with E-state index in [0.29, 0.717) is 11.4 Å². The fraction of sp³-hybridized carbons (Fsp3) is 0.381. The zero-order valence-corrected chi connectivity index (χ0v) is 20.8. The molecule has 30 heavy (non-hydrogen) atoms. The maximum atomic E-state index is 12.2. The molecule has 0 aromatic heterocycles. The van der Waals surface area contributed by atoms with Crippen molar-refractivity contribution >= 4 is 45.6 Å². The fourth-order valence-corrected chi connectivity index (χ4v) is 4.22. The lowest BCUT2D eigenvalue weighted by Crippen LogP contribution is -2.52. The molecule has 0 radical (unpaired) electrons. The average Bonchev–Trinajstić information content (AvgIpc) is 2.75. The Balaban J connectivity index is 0.00000320. The van der Waals surface area contributed by atoms with E-state index in [9.17, 15) is 8.42 Å². The van der Waals surface area contributed by atoms with Gasteiger partial charge in [0.05, 0.1) is 4.90 Å². The second kappa shape index (κ2) is 11.0. The van der Waals surface area contributed by atoms with Crippen molar-refractivity contribution in [1.29, 1.82) is 0 Å². The molecule has 9 heteroatoms. The van der Waals surface area contributed by atoms with Gasteiger partial charge in [-0.1, -0.05) is 30.3 Å². The van der Waals surface area contributed by atoms with Crippen molar-refractivity contribution in [2.45, 2.75) is 11.4 Å². The van der Waals surface area contributed by atoms with E-state index in [1.54, 1.807) is 19.2 Å². The first-order chi connectivity index (χ1) is 13.9. The molecule has 0 amide bonds. The van der Waals surface area contributed by atoms with Crippen molar-refractivity contribution in [2.24, 2.45) is 4.99 Å². The second-order valence-electron chi connectivity index (χ2n) is 7.14. The van der Waals surface area contributed by atoms with Gasteiger partial charge in [0.2, 0.25) is 10.0 Å². The van der Waals surface area contributed by atoms with Gasteiger partial charge in [-0.05, 0) is 29.8 Å². The number of hydrogen-bond donors (Lipinski definition) is 1. The van der Waals surface area contributed by atoms with Gasteiger partial charge in [-0.25, -0.2) is 12.7 Å². The minimum atomic E-state index is -3.40. The number of hydrogen-bond acceptors (Lipinski definition) is 4. The van der Waals surface area contributed by atoms with Gasteiger partial charge in [0.15, 0.2) is 5.96 Å². The minimum absolute atomic E-state index is 0. The van der Waals surface area contributed by atoms with Crippen molar-refractivity contribution < 1.29 is 8.42 Å². The molecule has 0 spiro atoms. The molecule has 1 saturated heterocycles. The summed E-state index contributed by atoms with van der Waals surface area (Å²) in [5.41, 5.74) is 2.26. The molecule has 1 aliphatic heterocycles. The van der Waals surface area contributed by atoms with Gasteiger partial charge < -0.3 is 15.1 Å². The maximum Gasteiger partial charge on any atom is 0.242 e. The molecule has 1 fully saturated rings. The monoisotopic (exact) mass is 543 g/mol. The van der Waals surface area contributed by atoms with Crippen LogP contribution in [0, 0.1) is 0 Å². The van der Waals surface area contributed by atoms with Crippen LogP contribution in [0.4, 0.5) is 5.69 Å². The van der Waals surface area contributed by atoms with E-state index in [0.717, 1.165) is 37.7 Å². The summed E-state index contributed by atoms with van der Waals surface area (Å²) < 4.78 is 25.6. The highest BCUT2D eigenvalue weighted by Crippen LogP contribution is 2.16. The fourth-order valence-electron chi connectivity index (χ4n) is 3.32. The summed E-state index contributed by atoms with van der Waals surface area (Å²) in [6.45, 7) is 4.28. The topological polar surface area (TPSA) is 68.2 Å². The van der Waals surface area contributed by atoms with E-state index >= 15 is 0 Å². The molecular weight excluding hydrogens is 513 g/mol. The first-order valence-corrected chi connectivity index (χ1v) is 11.1. The molecular formula is C21H30IN5O2S. The van der Waals surface area contributed by atoms with Crippen molar-refractivity contribution in [3.05, 3.63) is 60.2 Å². The molecule has 2 aromatic carbocycles. The standard InChI is InChI=1S/C21H29N5O2S.HI/c1-22-21(26-15-13-25(14-16-26)19-7-5-4-6-8-19)23-17-18-9-11-20(12-10-18)29(27,28)24(2)3;/h4-12H,13-17H2,1-3H3,(H,22,23);1H. The van der Waals surface area contributed by atoms with Gasteiger partial charge in [-0.2, -0.15) is 0 Å². The van der Waals surface area contributed by atoms with Gasteiger partial charge in [-0.3, -0.25) is 4.99 Å². The maximum absolute atomic E-state index is 12.2. The Hall–Kier alpha value is -1.85. The first-order valence-electron chi connectivity index (χ1n) is 9.69. The molecule has 0 saturated carbocycles. The number of sulfonamides is 1. The third-order valence-electron chi connectivity index (χ3n) is 5.06. The largest absolute Gasteiger partial charge is 0.368 e. The third kappa shape index (κ3) is 5.86. The highest BCUT2D eigenvalue weighted by Gasteiger charge is 2.20. The Kier molecular flexibility index (Phi) is 8.92. The minimum Gasteiger partial charge on any atom is -0.368 e. The van der Waals surface area contributed by atoms with Crippen LogP contribution < -0.4 is 10.2 Å². The zero-order valence-electron chi connectivity index (χ0n) is 17.7. The second-order valence-corrected chi connectivity index (χ2v) is 9.29. The number of benzene rings is 2. The van der Waals surface area contributed by atoms with Crippen molar-refractivity contribution in [3.63, 3.8) is 0 Å². The number of piperazine rings is 1. The molecule has 0 aliphatic carbocycles. The van der Waals surface area contributed by atoms with Gasteiger partial charge in [-0.15, -0.1) is 24.0 Å². The predicted molar refractivity (Wildman–Crippen MR) is 133 cm³/mol. The van der Waals surface area contributed by atoms with Crippen LogP contribution in [0.15, 0.2) is 64.5 Å². The first kappa shape index (κ1) is 24.4. The van der Waals surface area contributed by atoms with E-state index in [2.05, 4.69) is 44.4 Å². The van der Waals surface area contributed by atoms with Gasteiger partial charge in [0, 0.05) is 59.6 Å². The van der Waals surface area contributed by atoms with Crippen LogP contribution in [-0.4, -0.2) is 70.9 Å². The summed E-state index contributed by atoms with van der Waals surface area (Å²) in [4.78, 5) is 9.35. The van der Waals surface area contributed by atoms with Crippen LogP contribution in [0.5, 0.6) is 0 Å². The third-order valence-corrected chi connectivity index (χ3v) is 6.89. The SMILES string of the molecule is CN=C(NCc1ccc(S(=O)(=O)N(C)C)cc1)N1CCN(c2ccccc2)CC1.I. The van der Waals surface area contributed by atoms with E-state index in [1.165, 1.54) is 24.1 Å². The number of nitrogens with zero attached hydrogens (tertiary/aromatic N) is 4. The molecule has 164 valence electrons. The molecule has 1 aliphatic rings. The quantitative estimate of drug-likeness (QED) is 0.357. The van der Waals surface area contributed by atoms with Crippen LogP contribution in [0.25, 0.3) is 0 Å². The van der Waals surface area contributed by atoms with E-state index < -0.39 is 10.0 Å². The summed E-state index contributed by atoms with van der Waals surface area (Å²) >= 11 is 0. The molecule has 1 N–H and O–H groups in total.